The van der Waals surface area contributed by atoms with Crippen molar-refractivity contribution in [3.8, 4) is 5.75 Å². The van der Waals surface area contributed by atoms with Crippen molar-refractivity contribution in [3.63, 3.8) is 0 Å². The van der Waals surface area contributed by atoms with Crippen LogP contribution < -0.4 is 15.7 Å². The normalized spacial score (nSPS) is 10.7. The summed E-state index contributed by atoms with van der Waals surface area (Å²) in [6.07, 6.45) is 1.59. The molecule has 0 saturated carbocycles. The second kappa shape index (κ2) is 8.51. The van der Waals surface area contributed by atoms with Gasteiger partial charge in [0.05, 0.1) is 10.6 Å². The number of ether oxygens (including phenoxy) is 1. The predicted molar refractivity (Wildman–Crippen MR) is 104 cm³/mol. The number of nitrogens with zero attached hydrogens (tertiary/aromatic N) is 1. The molecule has 0 bridgehead atoms. The molecule has 0 aliphatic heterocycles. The van der Waals surface area contributed by atoms with Crippen molar-refractivity contribution in [2.75, 3.05) is 11.9 Å². The van der Waals surface area contributed by atoms with Crippen molar-refractivity contribution >= 4 is 28.3 Å². The Bertz CT molecular complexity index is 1140. The number of rotatable bonds is 7. The van der Waals surface area contributed by atoms with Gasteiger partial charge in [0.2, 0.25) is 0 Å². The molecule has 0 fully saturated rings. The quantitative estimate of drug-likeness (QED) is 0.367. The minimum absolute atomic E-state index is 0.281. The van der Waals surface area contributed by atoms with Crippen LogP contribution in [0, 0.1) is 15.9 Å². The zero-order valence-electron chi connectivity index (χ0n) is 15.4. The number of nitro groups is 1. The zero-order valence-corrected chi connectivity index (χ0v) is 15.4. The Balaban J connectivity index is 1.72. The van der Waals surface area contributed by atoms with E-state index in [9.17, 15) is 24.1 Å². The SMILES string of the molecule is CCCc1cc(=O)oc2cc(OCC(=O)Nc3cc([N+](=O)[O-])ccc3F)ccc12. The molecule has 2 aromatic carbocycles. The van der Waals surface area contributed by atoms with Crippen LogP contribution in [0.5, 0.6) is 5.75 Å². The molecule has 8 nitrogen and oxygen atoms in total. The van der Waals surface area contributed by atoms with Crippen LogP contribution in [0.3, 0.4) is 0 Å². The van der Waals surface area contributed by atoms with Crippen molar-refractivity contribution in [2.45, 2.75) is 19.8 Å². The number of amides is 1. The number of nitro benzene ring substituents is 1. The zero-order chi connectivity index (χ0) is 21.0. The molecule has 1 amide bonds. The highest BCUT2D eigenvalue weighted by Crippen LogP contribution is 2.24. The first-order valence-corrected chi connectivity index (χ1v) is 8.80. The molecule has 0 aliphatic rings. The fourth-order valence-electron chi connectivity index (χ4n) is 2.83. The number of halogens is 1. The van der Waals surface area contributed by atoms with E-state index >= 15 is 0 Å². The highest BCUT2D eigenvalue weighted by atomic mass is 19.1. The van der Waals surface area contributed by atoms with Crippen LogP contribution in [0.1, 0.15) is 18.9 Å². The third-order valence-corrected chi connectivity index (χ3v) is 4.13. The summed E-state index contributed by atoms with van der Waals surface area (Å²) in [6, 6.07) is 9.13. The number of carbonyl (C=O) groups is 1. The first-order chi connectivity index (χ1) is 13.9. The van der Waals surface area contributed by atoms with Gasteiger partial charge in [0.25, 0.3) is 11.6 Å². The van der Waals surface area contributed by atoms with Gasteiger partial charge in [-0.05, 0) is 30.2 Å². The summed E-state index contributed by atoms with van der Waals surface area (Å²) in [5, 5.41) is 13.8. The Hall–Kier alpha value is -3.75. The van der Waals surface area contributed by atoms with Gasteiger partial charge in [-0.15, -0.1) is 0 Å². The Morgan fingerprint density at radius 2 is 2.03 bits per heavy atom. The third kappa shape index (κ3) is 4.75. The van der Waals surface area contributed by atoms with Crippen LogP contribution in [0.15, 0.2) is 51.7 Å². The second-order valence-electron chi connectivity index (χ2n) is 6.26. The lowest BCUT2D eigenvalue weighted by Crippen LogP contribution is -2.20. The molecule has 3 aromatic rings. The number of fused-ring (bicyclic) bond motifs is 1. The van der Waals surface area contributed by atoms with Gasteiger partial charge in [-0.25, -0.2) is 9.18 Å². The van der Waals surface area contributed by atoms with Crippen LogP contribution in [-0.4, -0.2) is 17.4 Å². The minimum Gasteiger partial charge on any atom is -0.484 e. The van der Waals surface area contributed by atoms with Gasteiger partial charge in [0.1, 0.15) is 17.1 Å². The summed E-state index contributed by atoms with van der Waals surface area (Å²) < 4.78 is 24.3. The number of non-ortho nitro benzene ring substituents is 1. The van der Waals surface area contributed by atoms with E-state index in [4.69, 9.17) is 9.15 Å². The number of hydrogen-bond acceptors (Lipinski definition) is 6. The predicted octanol–water partition coefficient (Wildman–Crippen LogP) is 3.81. The van der Waals surface area contributed by atoms with Crippen LogP contribution in [0.25, 0.3) is 11.0 Å². The van der Waals surface area contributed by atoms with E-state index in [-0.39, 0.29) is 17.1 Å². The lowest BCUT2D eigenvalue weighted by molar-refractivity contribution is -0.384. The monoisotopic (exact) mass is 400 g/mol. The van der Waals surface area contributed by atoms with Crippen molar-refractivity contribution in [2.24, 2.45) is 0 Å². The molecule has 150 valence electrons. The first kappa shape index (κ1) is 20.0. The molecule has 0 spiro atoms. The molecule has 29 heavy (non-hydrogen) atoms. The number of hydrogen-bond donors (Lipinski definition) is 1. The molecular formula is C20H17FN2O6. The Morgan fingerprint density at radius 3 is 2.76 bits per heavy atom. The minimum atomic E-state index is -0.806. The number of anilines is 1. The van der Waals surface area contributed by atoms with E-state index in [1.165, 1.54) is 12.1 Å². The highest BCUT2D eigenvalue weighted by Gasteiger charge is 2.14. The average Bonchev–Trinajstić information content (AvgIpc) is 2.67. The molecule has 0 saturated heterocycles. The van der Waals surface area contributed by atoms with Crippen molar-refractivity contribution < 1.29 is 23.3 Å². The van der Waals surface area contributed by atoms with Crippen molar-refractivity contribution in [1.82, 2.24) is 0 Å². The van der Waals surface area contributed by atoms with Gasteiger partial charge in [-0.3, -0.25) is 14.9 Å². The molecule has 0 atom stereocenters. The van der Waals surface area contributed by atoms with Gasteiger partial charge in [0.15, 0.2) is 6.61 Å². The summed E-state index contributed by atoms with van der Waals surface area (Å²) in [6.45, 7) is 1.53. The number of carbonyl (C=O) groups excluding carboxylic acids is 1. The molecule has 1 heterocycles. The molecule has 1 N–H and O–H groups in total. The van der Waals surface area contributed by atoms with Crippen molar-refractivity contribution in [1.29, 1.82) is 0 Å². The maximum absolute atomic E-state index is 13.7. The Kier molecular flexibility index (Phi) is 5.87. The van der Waals surface area contributed by atoms with E-state index in [1.54, 1.807) is 12.1 Å². The molecular weight excluding hydrogens is 383 g/mol. The van der Waals surface area contributed by atoms with Gasteiger partial charge < -0.3 is 14.5 Å². The lowest BCUT2D eigenvalue weighted by Gasteiger charge is -2.09. The second-order valence-corrected chi connectivity index (χ2v) is 6.26. The number of aryl methyl sites for hydroxylation is 1. The molecule has 0 unspecified atom stereocenters. The summed E-state index contributed by atoms with van der Waals surface area (Å²) in [5.41, 5.74) is 0.0568. The standard InChI is InChI=1S/C20H17FN2O6/c1-2-3-12-8-20(25)29-18-10-14(5-6-15(12)18)28-11-19(24)22-17-9-13(23(26)27)4-7-16(17)21/h4-10H,2-3,11H2,1H3,(H,22,24). The fourth-order valence-corrected chi connectivity index (χ4v) is 2.83. The summed E-state index contributed by atoms with van der Waals surface area (Å²) in [5.74, 6) is -1.23. The summed E-state index contributed by atoms with van der Waals surface area (Å²) in [7, 11) is 0. The van der Waals surface area contributed by atoms with Gasteiger partial charge >= 0.3 is 5.63 Å². The molecule has 9 heteroatoms. The maximum Gasteiger partial charge on any atom is 0.336 e. The van der Waals surface area contributed by atoms with E-state index in [2.05, 4.69) is 5.32 Å². The number of benzene rings is 2. The molecule has 3 rings (SSSR count). The Labute approximate surface area is 164 Å². The van der Waals surface area contributed by atoms with Crippen LogP contribution in [0.4, 0.5) is 15.8 Å². The summed E-state index contributed by atoms with van der Waals surface area (Å²) >= 11 is 0. The van der Waals surface area contributed by atoms with Crippen molar-refractivity contribution in [3.05, 3.63) is 74.4 Å². The van der Waals surface area contributed by atoms with Gasteiger partial charge in [-0.2, -0.15) is 0 Å². The topological polar surface area (TPSA) is 112 Å². The maximum atomic E-state index is 13.7. The average molecular weight is 400 g/mol. The van der Waals surface area contributed by atoms with Crippen LogP contribution in [-0.2, 0) is 11.2 Å². The largest absolute Gasteiger partial charge is 0.484 e. The first-order valence-electron chi connectivity index (χ1n) is 8.80. The van der Waals surface area contributed by atoms with E-state index < -0.39 is 28.9 Å². The molecule has 0 radical (unpaired) electrons. The van der Waals surface area contributed by atoms with E-state index in [1.807, 2.05) is 6.92 Å². The highest BCUT2D eigenvalue weighted by molar-refractivity contribution is 5.92. The third-order valence-electron chi connectivity index (χ3n) is 4.13. The van der Waals surface area contributed by atoms with Crippen LogP contribution in [0.2, 0.25) is 0 Å². The van der Waals surface area contributed by atoms with E-state index in [0.717, 1.165) is 42.0 Å². The number of nitrogens with one attached hydrogen (secondary N) is 1. The Morgan fingerprint density at radius 1 is 1.24 bits per heavy atom. The summed E-state index contributed by atoms with van der Waals surface area (Å²) in [4.78, 5) is 33.8. The smallest absolute Gasteiger partial charge is 0.336 e. The fraction of sp³-hybridized carbons (Fsp3) is 0.200. The lowest BCUT2D eigenvalue weighted by atomic mass is 10.1. The molecule has 1 aromatic heterocycles. The molecule has 0 aliphatic carbocycles. The van der Waals surface area contributed by atoms with E-state index in [0.29, 0.717) is 5.58 Å². The van der Waals surface area contributed by atoms with Crippen LogP contribution >= 0.6 is 0 Å². The van der Waals surface area contributed by atoms with Gasteiger partial charge in [-0.1, -0.05) is 13.3 Å². The van der Waals surface area contributed by atoms with Gasteiger partial charge in [0, 0.05) is 29.7 Å².